The molecule has 0 spiro atoms. The number of nitrogens with zero attached hydrogens (tertiary/aromatic N) is 1. The third kappa shape index (κ3) is 7.56. The molecule has 0 bridgehead atoms. The number of benzene rings is 2. The van der Waals surface area contributed by atoms with Gasteiger partial charge in [-0.3, -0.25) is 14.5 Å². The molecule has 8 nitrogen and oxygen atoms in total. The molecule has 0 aromatic heterocycles. The second-order valence-electron chi connectivity index (χ2n) is 7.03. The van der Waals surface area contributed by atoms with Crippen molar-refractivity contribution in [1.82, 2.24) is 4.90 Å². The maximum absolute atomic E-state index is 12.2. The predicted octanol–water partition coefficient (Wildman–Crippen LogP) is 2.77. The van der Waals surface area contributed by atoms with Gasteiger partial charge in [0.05, 0.1) is 31.9 Å². The van der Waals surface area contributed by atoms with E-state index in [1.54, 1.807) is 81.4 Å². The molecule has 2 aromatic rings. The molecule has 2 aromatic carbocycles. The molecule has 0 saturated carbocycles. The Morgan fingerprint density at radius 3 is 2.10 bits per heavy atom. The van der Waals surface area contributed by atoms with Crippen molar-refractivity contribution in [3.63, 3.8) is 0 Å². The van der Waals surface area contributed by atoms with Gasteiger partial charge in [0.2, 0.25) is 11.8 Å². The SMILES string of the molecule is COc1cccc(NC(=O)CN(C)CC(=O)Nc2ccc(C(=O)OC(C)C)cc2)c1. The lowest BCUT2D eigenvalue weighted by Crippen LogP contribution is -2.36. The molecule has 2 N–H and O–H groups in total. The van der Waals surface area contributed by atoms with Crippen LogP contribution in [0, 0.1) is 0 Å². The van der Waals surface area contributed by atoms with Crippen LogP contribution in [-0.2, 0) is 14.3 Å². The van der Waals surface area contributed by atoms with Gasteiger partial charge >= 0.3 is 5.97 Å². The molecule has 0 aliphatic carbocycles. The van der Waals surface area contributed by atoms with Crippen LogP contribution < -0.4 is 15.4 Å². The van der Waals surface area contributed by atoms with Crippen molar-refractivity contribution in [2.24, 2.45) is 0 Å². The summed E-state index contributed by atoms with van der Waals surface area (Å²) in [6.45, 7) is 3.63. The molecule has 0 fully saturated rings. The van der Waals surface area contributed by atoms with E-state index in [1.807, 2.05) is 0 Å². The highest BCUT2D eigenvalue weighted by molar-refractivity contribution is 5.95. The highest BCUT2D eigenvalue weighted by Gasteiger charge is 2.13. The number of amides is 2. The summed E-state index contributed by atoms with van der Waals surface area (Å²) in [5.74, 6) is -0.288. The van der Waals surface area contributed by atoms with Gasteiger partial charge in [0.15, 0.2) is 0 Å². The molecule has 0 saturated heterocycles. The van der Waals surface area contributed by atoms with Gasteiger partial charge in [-0.25, -0.2) is 4.79 Å². The van der Waals surface area contributed by atoms with E-state index in [0.29, 0.717) is 22.7 Å². The Kier molecular flexibility index (Phi) is 8.37. The predicted molar refractivity (Wildman–Crippen MR) is 115 cm³/mol. The lowest BCUT2D eigenvalue weighted by atomic mass is 10.2. The average molecular weight is 413 g/mol. The molecule has 2 rings (SSSR count). The fourth-order valence-electron chi connectivity index (χ4n) is 2.62. The maximum Gasteiger partial charge on any atom is 0.338 e. The lowest BCUT2D eigenvalue weighted by molar-refractivity contribution is -0.119. The third-order valence-corrected chi connectivity index (χ3v) is 3.93. The Hall–Kier alpha value is -3.39. The van der Waals surface area contributed by atoms with Crippen molar-refractivity contribution in [3.8, 4) is 5.75 Å². The molecule has 0 radical (unpaired) electrons. The first-order chi connectivity index (χ1) is 14.3. The summed E-state index contributed by atoms with van der Waals surface area (Å²) in [6.07, 6.45) is -0.200. The number of anilines is 2. The van der Waals surface area contributed by atoms with Gasteiger partial charge in [-0.05, 0) is 57.3 Å². The number of carbonyl (C=O) groups excluding carboxylic acids is 3. The van der Waals surface area contributed by atoms with Crippen LogP contribution in [-0.4, -0.2) is 56.0 Å². The van der Waals surface area contributed by atoms with E-state index in [2.05, 4.69) is 10.6 Å². The van der Waals surface area contributed by atoms with Gasteiger partial charge in [-0.1, -0.05) is 6.07 Å². The summed E-state index contributed by atoms with van der Waals surface area (Å²) in [6, 6.07) is 13.5. The van der Waals surface area contributed by atoms with Gasteiger partial charge in [-0.2, -0.15) is 0 Å². The first-order valence-corrected chi connectivity index (χ1v) is 9.50. The fourth-order valence-corrected chi connectivity index (χ4v) is 2.62. The summed E-state index contributed by atoms with van der Waals surface area (Å²) < 4.78 is 10.2. The molecular weight excluding hydrogens is 386 g/mol. The second-order valence-corrected chi connectivity index (χ2v) is 7.03. The van der Waals surface area contributed by atoms with Crippen molar-refractivity contribution >= 4 is 29.2 Å². The van der Waals surface area contributed by atoms with E-state index in [9.17, 15) is 14.4 Å². The van der Waals surface area contributed by atoms with Gasteiger partial charge in [0.25, 0.3) is 0 Å². The molecule has 0 heterocycles. The lowest BCUT2D eigenvalue weighted by Gasteiger charge is -2.16. The van der Waals surface area contributed by atoms with Gasteiger partial charge in [-0.15, -0.1) is 0 Å². The maximum atomic E-state index is 12.2. The van der Waals surface area contributed by atoms with Gasteiger partial charge in [0, 0.05) is 17.4 Å². The van der Waals surface area contributed by atoms with E-state index >= 15 is 0 Å². The average Bonchev–Trinajstić information content (AvgIpc) is 2.67. The Labute approximate surface area is 176 Å². The number of hydrogen-bond acceptors (Lipinski definition) is 6. The summed E-state index contributed by atoms with van der Waals surface area (Å²) in [5.41, 5.74) is 1.58. The zero-order valence-corrected chi connectivity index (χ0v) is 17.6. The second kappa shape index (κ2) is 11.0. The molecule has 0 atom stereocenters. The Balaban J connectivity index is 1.81. The molecular formula is C22H27N3O5. The standard InChI is InChI=1S/C22H27N3O5/c1-15(2)30-22(28)16-8-10-17(11-9-16)23-20(26)13-25(3)14-21(27)24-18-6-5-7-19(12-18)29-4/h5-12,15H,13-14H2,1-4H3,(H,23,26)(H,24,27). The normalized spacial score (nSPS) is 10.6. The van der Waals surface area contributed by atoms with E-state index in [1.165, 1.54) is 0 Å². The van der Waals surface area contributed by atoms with Gasteiger partial charge < -0.3 is 20.1 Å². The van der Waals surface area contributed by atoms with E-state index in [4.69, 9.17) is 9.47 Å². The highest BCUT2D eigenvalue weighted by Crippen LogP contribution is 2.16. The van der Waals surface area contributed by atoms with Crippen LogP contribution in [0.4, 0.5) is 11.4 Å². The zero-order valence-electron chi connectivity index (χ0n) is 17.6. The number of nitrogens with one attached hydrogen (secondary N) is 2. The number of esters is 1. The summed E-state index contributed by atoms with van der Waals surface area (Å²) in [5, 5.41) is 5.50. The Morgan fingerprint density at radius 1 is 0.933 bits per heavy atom. The monoisotopic (exact) mass is 413 g/mol. The topological polar surface area (TPSA) is 97.0 Å². The van der Waals surface area contributed by atoms with Crippen LogP contribution in [0.5, 0.6) is 5.75 Å². The van der Waals surface area contributed by atoms with E-state index < -0.39 is 5.97 Å². The van der Waals surface area contributed by atoms with Crippen LogP contribution in [0.15, 0.2) is 48.5 Å². The number of rotatable bonds is 9. The fraction of sp³-hybridized carbons (Fsp3) is 0.318. The van der Waals surface area contributed by atoms with E-state index in [-0.39, 0.29) is 31.0 Å². The number of carbonyl (C=O) groups is 3. The largest absolute Gasteiger partial charge is 0.497 e. The molecule has 0 unspecified atom stereocenters. The number of hydrogen-bond donors (Lipinski definition) is 2. The van der Waals surface area contributed by atoms with Crippen LogP contribution in [0.1, 0.15) is 24.2 Å². The van der Waals surface area contributed by atoms with Crippen LogP contribution >= 0.6 is 0 Å². The number of ether oxygens (including phenoxy) is 2. The molecule has 2 amide bonds. The summed E-state index contributed by atoms with van der Waals surface area (Å²) >= 11 is 0. The quantitative estimate of drug-likeness (QED) is 0.614. The first-order valence-electron chi connectivity index (χ1n) is 9.50. The first kappa shape index (κ1) is 22.9. The molecule has 0 aliphatic heterocycles. The van der Waals surface area contributed by atoms with Crippen LogP contribution in [0.2, 0.25) is 0 Å². The van der Waals surface area contributed by atoms with Crippen molar-refractivity contribution in [2.45, 2.75) is 20.0 Å². The zero-order chi connectivity index (χ0) is 22.1. The van der Waals surface area contributed by atoms with Crippen molar-refractivity contribution in [2.75, 3.05) is 37.9 Å². The summed E-state index contributed by atoms with van der Waals surface area (Å²) in [4.78, 5) is 37.8. The smallest absolute Gasteiger partial charge is 0.338 e. The minimum absolute atomic E-state index is 0.0304. The van der Waals surface area contributed by atoms with Crippen molar-refractivity contribution in [3.05, 3.63) is 54.1 Å². The Bertz CT molecular complexity index is 881. The van der Waals surface area contributed by atoms with E-state index in [0.717, 1.165) is 0 Å². The third-order valence-electron chi connectivity index (χ3n) is 3.93. The van der Waals surface area contributed by atoms with Crippen molar-refractivity contribution in [1.29, 1.82) is 0 Å². The highest BCUT2D eigenvalue weighted by atomic mass is 16.5. The minimum Gasteiger partial charge on any atom is -0.497 e. The van der Waals surface area contributed by atoms with Crippen LogP contribution in [0.25, 0.3) is 0 Å². The van der Waals surface area contributed by atoms with Gasteiger partial charge in [0.1, 0.15) is 5.75 Å². The number of likely N-dealkylation sites (N-methyl/N-ethyl adjacent to an activating group) is 1. The summed E-state index contributed by atoms with van der Waals surface area (Å²) in [7, 11) is 3.23. The Morgan fingerprint density at radius 2 is 1.53 bits per heavy atom. The van der Waals surface area contributed by atoms with Crippen LogP contribution in [0.3, 0.4) is 0 Å². The molecule has 0 aliphatic rings. The molecule has 30 heavy (non-hydrogen) atoms. The molecule has 8 heteroatoms. The number of methoxy groups -OCH3 is 1. The minimum atomic E-state index is -0.412. The van der Waals surface area contributed by atoms with Crippen molar-refractivity contribution < 1.29 is 23.9 Å². The molecule has 160 valence electrons.